The third kappa shape index (κ3) is 2.59. The Morgan fingerprint density at radius 3 is 2.42 bits per heavy atom. The van der Waals surface area contributed by atoms with Crippen molar-refractivity contribution >= 4 is 16.0 Å². The molecule has 1 fully saturated rings. The van der Waals surface area contributed by atoms with E-state index in [0.29, 0.717) is 4.31 Å². The van der Waals surface area contributed by atoms with E-state index in [1.165, 1.54) is 0 Å². The Balaban J connectivity index is 2.38. The van der Waals surface area contributed by atoms with Crippen LogP contribution in [0.1, 0.15) is 6.42 Å². The van der Waals surface area contributed by atoms with E-state index in [4.69, 9.17) is 5.11 Å². The van der Waals surface area contributed by atoms with Gasteiger partial charge in [0.1, 0.15) is 18.0 Å². The van der Waals surface area contributed by atoms with Gasteiger partial charge in [-0.1, -0.05) is 0 Å². The molecule has 1 aromatic rings. The van der Waals surface area contributed by atoms with Crippen LogP contribution in [-0.2, 0) is 14.8 Å². The molecule has 1 aliphatic rings. The van der Waals surface area contributed by atoms with Crippen LogP contribution in [0.2, 0.25) is 0 Å². The standard InChI is InChI=1S/C11H11F2NO4S/c12-7-1-3-9(4-2-7)19(17,18)14-6-8(13)5-10(14)11(15)16/h1-4,8,10H,5-6H2,(H,15,16). The lowest BCUT2D eigenvalue weighted by Crippen LogP contribution is -2.40. The molecule has 0 amide bonds. The van der Waals surface area contributed by atoms with Gasteiger partial charge in [-0.05, 0) is 24.3 Å². The van der Waals surface area contributed by atoms with Gasteiger partial charge in [-0.3, -0.25) is 4.79 Å². The largest absolute Gasteiger partial charge is 0.480 e. The number of aliphatic carboxylic acids is 1. The topological polar surface area (TPSA) is 74.7 Å². The molecule has 1 heterocycles. The van der Waals surface area contributed by atoms with E-state index in [1.54, 1.807) is 0 Å². The number of carboxylic acid groups (broad SMARTS) is 1. The van der Waals surface area contributed by atoms with Crippen molar-refractivity contribution in [2.24, 2.45) is 0 Å². The molecule has 1 aliphatic heterocycles. The second-order valence-electron chi connectivity index (χ2n) is 4.22. The molecule has 1 saturated heterocycles. The highest BCUT2D eigenvalue weighted by Crippen LogP contribution is 2.28. The van der Waals surface area contributed by atoms with E-state index in [0.717, 1.165) is 24.3 Å². The van der Waals surface area contributed by atoms with E-state index in [9.17, 15) is 22.0 Å². The van der Waals surface area contributed by atoms with Crippen LogP contribution in [0.15, 0.2) is 29.2 Å². The number of benzene rings is 1. The zero-order chi connectivity index (χ0) is 14.2. The summed E-state index contributed by atoms with van der Waals surface area (Å²) in [6.07, 6.45) is -1.90. The molecule has 5 nitrogen and oxygen atoms in total. The summed E-state index contributed by atoms with van der Waals surface area (Å²) < 4.78 is 51.0. The van der Waals surface area contributed by atoms with Crippen LogP contribution >= 0.6 is 0 Å². The number of nitrogens with zero attached hydrogens (tertiary/aromatic N) is 1. The maximum atomic E-state index is 13.3. The predicted molar refractivity (Wildman–Crippen MR) is 61.2 cm³/mol. The first-order valence-corrected chi connectivity index (χ1v) is 6.90. The van der Waals surface area contributed by atoms with Gasteiger partial charge in [-0.25, -0.2) is 17.2 Å². The van der Waals surface area contributed by atoms with Crippen LogP contribution in [0.25, 0.3) is 0 Å². The maximum absolute atomic E-state index is 13.3. The Hall–Kier alpha value is -1.54. The molecule has 0 spiro atoms. The van der Waals surface area contributed by atoms with Crippen molar-refractivity contribution in [3.8, 4) is 0 Å². The Bertz CT molecular complexity index is 587. The number of halogens is 2. The molecule has 104 valence electrons. The Labute approximate surface area is 108 Å². The predicted octanol–water partition coefficient (Wildman–Crippen LogP) is 1.01. The van der Waals surface area contributed by atoms with Crippen LogP contribution in [0.3, 0.4) is 0 Å². The van der Waals surface area contributed by atoms with E-state index < -0.39 is 40.6 Å². The zero-order valence-electron chi connectivity index (χ0n) is 9.66. The molecule has 2 rings (SSSR count). The zero-order valence-corrected chi connectivity index (χ0v) is 10.5. The van der Waals surface area contributed by atoms with E-state index in [2.05, 4.69) is 0 Å². The number of sulfonamides is 1. The fourth-order valence-electron chi connectivity index (χ4n) is 1.99. The molecule has 0 bridgehead atoms. The second kappa shape index (κ2) is 4.86. The number of hydrogen-bond acceptors (Lipinski definition) is 3. The lowest BCUT2D eigenvalue weighted by atomic mass is 10.2. The van der Waals surface area contributed by atoms with Gasteiger partial charge in [0.25, 0.3) is 0 Å². The van der Waals surface area contributed by atoms with Gasteiger partial charge < -0.3 is 5.11 Å². The van der Waals surface area contributed by atoms with Crippen LogP contribution in [-0.4, -0.2) is 42.6 Å². The van der Waals surface area contributed by atoms with Gasteiger partial charge in [0, 0.05) is 13.0 Å². The summed E-state index contributed by atoms with van der Waals surface area (Å²) in [6, 6.07) is 2.52. The molecule has 0 aliphatic carbocycles. The third-order valence-electron chi connectivity index (χ3n) is 2.91. The average Bonchev–Trinajstić information content (AvgIpc) is 2.73. The highest BCUT2D eigenvalue weighted by atomic mass is 32.2. The van der Waals surface area contributed by atoms with E-state index in [-0.39, 0.29) is 11.3 Å². The summed E-state index contributed by atoms with van der Waals surface area (Å²) in [6.45, 7) is -0.503. The average molecular weight is 291 g/mol. The van der Waals surface area contributed by atoms with Crippen molar-refractivity contribution in [1.29, 1.82) is 0 Å². The number of rotatable bonds is 3. The minimum atomic E-state index is -4.14. The summed E-state index contributed by atoms with van der Waals surface area (Å²) in [7, 11) is -4.14. The summed E-state index contributed by atoms with van der Waals surface area (Å²) >= 11 is 0. The number of carboxylic acids is 1. The van der Waals surface area contributed by atoms with Crippen molar-refractivity contribution in [2.45, 2.75) is 23.5 Å². The summed E-state index contributed by atoms with van der Waals surface area (Å²) in [5, 5.41) is 8.92. The summed E-state index contributed by atoms with van der Waals surface area (Å²) in [4.78, 5) is 10.7. The van der Waals surface area contributed by atoms with Gasteiger partial charge in [0.2, 0.25) is 10.0 Å². The smallest absolute Gasteiger partial charge is 0.322 e. The lowest BCUT2D eigenvalue weighted by molar-refractivity contribution is -0.140. The molecule has 1 N–H and O–H groups in total. The van der Waals surface area contributed by atoms with E-state index in [1.807, 2.05) is 0 Å². The quantitative estimate of drug-likeness (QED) is 0.902. The third-order valence-corrected chi connectivity index (χ3v) is 4.80. The van der Waals surface area contributed by atoms with Crippen LogP contribution in [0.4, 0.5) is 8.78 Å². The van der Waals surface area contributed by atoms with Gasteiger partial charge in [-0.15, -0.1) is 0 Å². The van der Waals surface area contributed by atoms with Crippen molar-refractivity contribution < 1.29 is 27.1 Å². The Morgan fingerprint density at radius 2 is 1.89 bits per heavy atom. The minimum Gasteiger partial charge on any atom is -0.480 e. The summed E-state index contributed by atoms with van der Waals surface area (Å²) in [5.74, 6) is -2.01. The first-order valence-electron chi connectivity index (χ1n) is 5.46. The SMILES string of the molecule is O=C(O)C1CC(F)CN1S(=O)(=O)c1ccc(F)cc1. The molecular formula is C11H11F2NO4S. The highest BCUT2D eigenvalue weighted by molar-refractivity contribution is 7.89. The first-order chi connectivity index (χ1) is 8.82. The fourth-order valence-corrected chi connectivity index (χ4v) is 3.61. The first kappa shape index (κ1) is 13.9. The van der Waals surface area contributed by atoms with Gasteiger partial charge >= 0.3 is 5.97 Å². The molecule has 0 saturated carbocycles. The maximum Gasteiger partial charge on any atom is 0.322 e. The molecule has 2 atom stereocenters. The lowest BCUT2D eigenvalue weighted by Gasteiger charge is -2.20. The number of hydrogen-bond donors (Lipinski definition) is 1. The Kier molecular flexibility index (Phi) is 3.55. The minimum absolute atomic E-state index is 0.255. The number of carbonyl (C=O) groups is 1. The summed E-state index contributed by atoms with van der Waals surface area (Å²) in [5.41, 5.74) is 0. The molecule has 2 unspecified atom stereocenters. The molecule has 1 aromatic carbocycles. The second-order valence-corrected chi connectivity index (χ2v) is 6.11. The van der Waals surface area contributed by atoms with Crippen LogP contribution in [0.5, 0.6) is 0 Å². The normalized spacial score (nSPS) is 24.5. The van der Waals surface area contributed by atoms with Crippen molar-refractivity contribution in [3.63, 3.8) is 0 Å². The fraction of sp³-hybridized carbons (Fsp3) is 0.364. The monoisotopic (exact) mass is 291 g/mol. The van der Waals surface area contributed by atoms with Crippen LogP contribution in [0, 0.1) is 5.82 Å². The molecule has 0 radical (unpaired) electrons. The van der Waals surface area contributed by atoms with E-state index >= 15 is 0 Å². The van der Waals surface area contributed by atoms with Crippen LogP contribution < -0.4 is 0 Å². The molecular weight excluding hydrogens is 280 g/mol. The number of alkyl halides is 1. The van der Waals surface area contributed by atoms with Gasteiger partial charge in [0.15, 0.2) is 0 Å². The highest BCUT2D eigenvalue weighted by Gasteiger charge is 2.44. The molecule has 0 aromatic heterocycles. The Morgan fingerprint density at radius 1 is 1.32 bits per heavy atom. The van der Waals surface area contributed by atoms with Crippen molar-refractivity contribution in [3.05, 3.63) is 30.1 Å². The van der Waals surface area contributed by atoms with Gasteiger partial charge in [-0.2, -0.15) is 4.31 Å². The molecule has 8 heteroatoms. The van der Waals surface area contributed by atoms with Crippen molar-refractivity contribution in [1.82, 2.24) is 4.31 Å². The molecule has 19 heavy (non-hydrogen) atoms. The van der Waals surface area contributed by atoms with Gasteiger partial charge in [0.05, 0.1) is 4.90 Å². The van der Waals surface area contributed by atoms with Crippen molar-refractivity contribution in [2.75, 3.05) is 6.54 Å².